The van der Waals surface area contributed by atoms with Gasteiger partial charge in [-0.3, -0.25) is 20.0 Å². The molecule has 0 fully saturated rings. The molecule has 0 bridgehead atoms. The van der Waals surface area contributed by atoms with Gasteiger partial charge in [0.1, 0.15) is 17.7 Å². The zero-order chi connectivity index (χ0) is 26.1. The van der Waals surface area contributed by atoms with Gasteiger partial charge in [-0.25, -0.2) is 9.37 Å². The van der Waals surface area contributed by atoms with Gasteiger partial charge in [-0.1, -0.05) is 26.0 Å². The lowest BCUT2D eigenvalue weighted by Crippen LogP contribution is -2.23. The summed E-state index contributed by atoms with van der Waals surface area (Å²) in [6.45, 7) is 7.32. The molecule has 5 aromatic rings. The lowest BCUT2D eigenvalue weighted by Gasteiger charge is -2.19. The number of fused-ring (bicyclic) bond motifs is 2. The molecule has 5 heterocycles. The summed E-state index contributed by atoms with van der Waals surface area (Å²) >= 11 is 0. The highest BCUT2D eigenvalue weighted by Gasteiger charge is 2.28. The molecule has 38 heavy (non-hydrogen) atoms. The van der Waals surface area contributed by atoms with Crippen molar-refractivity contribution in [2.75, 3.05) is 23.7 Å². The van der Waals surface area contributed by atoms with Gasteiger partial charge in [0.15, 0.2) is 5.65 Å². The molecule has 1 aromatic carbocycles. The van der Waals surface area contributed by atoms with Gasteiger partial charge in [-0.15, -0.1) is 0 Å². The molecule has 1 unspecified atom stereocenters. The van der Waals surface area contributed by atoms with Gasteiger partial charge < -0.3 is 10.6 Å². The van der Waals surface area contributed by atoms with E-state index in [9.17, 15) is 4.39 Å². The first-order valence-corrected chi connectivity index (χ1v) is 12.9. The molecule has 0 saturated heterocycles. The molecule has 1 aliphatic rings. The molecule has 192 valence electrons. The highest BCUT2D eigenvalue weighted by Crippen LogP contribution is 2.42. The van der Waals surface area contributed by atoms with E-state index < -0.39 is 0 Å². The van der Waals surface area contributed by atoms with E-state index in [1.807, 2.05) is 24.7 Å². The Labute approximate surface area is 220 Å². The van der Waals surface area contributed by atoms with Crippen LogP contribution in [0.5, 0.6) is 0 Å². The van der Waals surface area contributed by atoms with Crippen molar-refractivity contribution in [3.63, 3.8) is 0 Å². The van der Waals surface area contributed by atoms with E-state index >= 15 is 0 Å². The van der Waals surface area contributed by atoms with Crippen molar-refractivity contribution in [1.82, 2.24) is 30.0 Å². The lowest BCUT2D eigenvalue weighted by molar-refractivity contribution is 0.280. The number of aromatic amines is 1. The molecule has 1 aliphatic heterocycles. The summed E-state index contributed by atoms with van der Waals surface area (Å²) in [5.41, 5.74) is 7.95. The Morgan fingerprint density at radius 1 is 0.921 bits per heavy atom. The maximum Gasteiger partial charge on any atom is 0.155 e. The number of anilines is 2. The second-order valence-corrected chi connectivity index (χ2v) is 9.52. The fourth-order valence-electron chi connectivity index (χ4n) is 5.03. The molecule has 4 aromatic heterocycles. The third-order valence-electron chi connectivity index (χ3n) is 6.91. The molecule has 0 aliphatic carbocycles. The summed E-state index contributed by atoms with van der Waals surface area (Å²) in [7, 11) is 0. The number of rotatable bonds is 8. The molecular weight excluding hydrogens is 479 g/mol. The highest BCUT2D eigenvalue weighted by atomic mass is 19.1. The number of hydrogen-bond donors (Lipinski definition) is 3. The number of halogens is 1. The quantitative estimate of drug-likeness (QED) is 0.237. The van der Waals surface area contributed by atoms with Crippen LogP contribution >= 0.6 is 0 Å². The Balaban J connectivity index is 1.30. The second-order valence-electron chi connectivity index (χ2n) is 9.52. The van der Waals surface area contributed by atoms with Crippen LogP contribution in [0.25, 0.3) is 33.3 Å². The van der Waals surface area contributed by atoms with Crippen LogP contribution < -0.4 is 10.6 Å². The van der Waals surface area contributed by atoms with Crippen molar-refractivity contribution >= 4 is 22.4 Å². The Bertz CT molecular complexity index is 1600. The van der Waals surface area contributed by atoms with Crippen LogP contribution in [-0.4, -0.2) is 43.1 Å². The molecule has 3 N–H and O–H groups in total. The van der Waals surface area contributed by atoms with Crippen LogP contribution in [0.2, 0.25) is 0 Å². The van der Waals surface area contributed by atoms with Crippen molar-refractivity contribution in [3.8, 4) is 22.3 Å². The van der Waals surface area contributed by atoms with Gasteiger partial charge in [0.25, 0.3) is 0 Å². The van der Waals surface area contributed by atoms with Crippen molar-refractivity contribution in [1.29, 1.82) is 0 Å². The van der Waals surface area contributed by atoms with E-state index in [1.165, 1.54) is 17.7 Å². The Morgan fingerprint density at radius 2 is 1.79 bits per heavy atom. The maximum atomic E-state index is 13.9. The van der Waals surface area contributed by atoms with Gasteiger partial charge in [-0.05, 0) is 54.9 Å². The molecule has 8 nitrogen and oxygen atoms in total. The molecule has 0 spiro atoms. The van der Waals surface area contributed by atoms with Crippen LogP contribution in [0, 0.1) is 5.82 Å². The summed E-state index contributed by atoms with van der Waals surface area (Å²) in [5, 5.41) is 15.5. The van der Waals surface area contributed by atoms with Gasteiger partial charge in [0.05, 0.1) is 17.6 Å². The predicted molar refractivity (Wildman–Crippen MR) is 148 cm³/mol. The van der Waals surface area contributed by atoms with Gasteiger partial charge in [0.2, 0.25) is 0 Å². The molecule has 0 radical (unpaired) electrons. The van der Waals surface area contributed by atoms with Gasteiger partial charge in [-0.2, -0.15) is 5.10 Å². The third kappa shape index (κ3) is 4.56. The molecular formula is C29H29FN8. The topological polar surface area (TPSA) is 94.7 Å². The fourth-order valence-corrected chi connectivity index (χ4v) is 5.03. The number of nitrogens with one attached hydrogen (secondary N) is 3. The summed E-state index contributed by atoms with van der Waals surface area (Å²) in [6, 6.07) is 10.8. The first-order chi connectivity index (χ1) is 18.6. The van der Waals surface area contributed by atoms with E-state index in [2.05, 4.69) is 66.7 Å². The zero-order valence-corrected chi connectivity index (χ0v) is 21.4. The zero-order valence-electron chi connectivity index (χ0n) is 21.4. The first-order valence-electron chi connectivity index (χ1n) is 12.9. The van der Waals surface area contributed by atoms with Crippen LogP contribution in [0.4, 0.5) is 15.8 Å². The average Bonchev–Trinajstić information content (AvgIpc) is 3.56. The Hall–Kier alpha value is -4.37. The van der Waals surface area contributed by atoms with E-state index in [0.717, 1.165) is 70.8 Å². The number of benzene rings is 1. The summed E-state index contributed by atoms with van der Waals surface area (Å²) in [5.74, 6) is -0.286. The fraction of sp³-hybridized carbons (Fsp3) is 0.241. The minimum absolute atomic E-state index is 0.286. The average molecular weight is 509 g/mol. The molecule has 9 heteroatoms. The van der Waals surface area contributed by atoms with Crippen molar-refractivity contribution in [2.45, 2.75) is 33.0 Å². The maximum absolute atomic E-state index is 13.9. The van der Waals surface area contributed by atoms with Crippen LogP contribution in [0.15, 0.2) is 67.4 Å². The normalized spacial score (nSPS) is 14.5. The largest absolute Gasteiger partial charge is 0.358 e. The molecule has 0 saturated carbocycles. The van der Waals surface area contributed by atoms with Crippen molar-refractivity contribution in [3.05, 3.63) is 84.5 Å². The van der Waals surface area contributed by atoms with Gasteiger partial charge in [0, 0.05) is 53.4 Å². The highest BCUT2D eigenvalue weighted by molar-refractivity contribution is 5.91. The smallest absolute Gasteiger partial charge is 0.155 e. The predicted octanol–water partition coefficient (Wildman–Crippen LogP) is 5.99. The van der Waals surface area contributed by atoms with Crippen LogP contribution in [0.1, 0.15) is 37.7 Å². The molecule has 0 amide bonds. The first kappa shape index (κ1) is 24.0. The standard InChI is InChI=1S/C29H29FN8/c1-3-8-38(4-2)17-18-9-20(13-31-12-18)21-11-23-27(36-37-28(23)33-14-21)29-34-25-16-32-15-24(26(25)35-29)19-6-5-7-22(30)10-19/h5-7,9-16,29,34-35H,3-4,8,17H2,1-2H3,(H,33,36,37). The monoisotopic (exact) mass is 508 g/mol. The van der Waals surface area contributed by atoms with Crippen LogP contribution in [0.3, 0.4) is 0 Å². The van der Waals surface area contributed by atoms with Gasteiger partial charge >= 0.3 is 0 Å². The molecule has 1 atom stereocenters. The lowest BCUT2D eigenvalue weighted by atomic mass is 10.1. The van der Waals surface area contributed by atoms with Crippen molar-refractivity contribution < 1.29 is 4.39 Å². The summed E-state index contributed by atoms with van der Waals surface area (Å²) < 4.78 is 13.9. The Kier molecular flexibility index (Phi) is 6.43. The summed E-state index contributed by atoms with van der Waals surface area (Å²) in [6.07, 6.45) is 9.99. The molecule has 6 rings (SSSR count). The second kappa shape index (κ2) is 10.2. The van der Waals surface area contributed by atoms with E-state index in [0.29, 0.717) is 5.65 Å². The number of pyridine rings is 3. The number of H-pyrrole nitrogens is 1. The van der Waals surface area contributed by atoms with E-state index in [4.69, 9.17) is 0 Å². The number of nitrogens with zero attached hydrogens (tertiary/aromatic N) is 5. The SMILES string of the molecule is CCCN(CC)Cc1cncc(-c2cnc3[nH]nc(C4Nc5cncc(-c6cccc(F)c6)c5N4)c3c2)c1. The summed E-state index contributed by atoms with van der Waals surface area (Å²) in [4.78, 5) is 15.9. The van der Waals surface area contributed by atoms with Crippen LogP contribution in [-0.2, 0) is 6.54 Å². The third-order valence-corrected chi connectivity index (χ3v) is 6.91. The van der Waals surface area contributed by atoms with E-state index in [1.54, 1.807) is 18.5 Å². The van der Waals surface area contributed by atoms with Crippen molar-refractivity contribution in [2.24, 2.45) is 0 Å². The number of hydrogen-bond acceptors (Lipinski definition) is 7. The Morgan fingerprint density at radius 3 is 2.63 bits per heavy atom. The minimum Gasteiger partial charge on any atom is -0.358 e. The van der Waals surface area contributed by atoms with E-state index in [-0.39, 0.29) is 12.0 Å². The number of aromatic nitrogens is 5. The minimum atomic E-state index is -0.302.